The van der Waals surface area contributed by atoms with E-state index in [2.05, 4.69) is 51.5 Å². The van der Waals surface area contributed by atoms with Crippen LogP contribution in [0.3, 0.4) is 0 Å². The van der Waals surface area contributed by atoms with E-state index in [9.17, 15) is 0 Å². The summed E-state index contributed by atoms with van der Waals surface area (Å²) in [6.07, 6.45) is 1.26. The molecule has 7 heteroatoms. The van der Waals surface area contributed by atoms with E-state index >= 15 is 0 Å². The van der Waals surface area contributed by atoms with Crippen LogP contribution >= 0.6 is 35.3 Å². The highest BCUT2D eigenvalue weighted by Crippen LogP contribution is 2.27. The molecule has 0 bridgehead atoms. The van der Waals surface area contributed by atoms with Crippen LogP contribution in [-0.2, 0) is 10.2 Å². The summed E-state index contributed by atoms with van der Waals surface area (Å²) < 4.78 is 5.45. The zero-order valence-corrected chi connectivity index (χ0v) is 19.4. The van der Waals surface area contributed by atoms with Crippen molar-refractivity contribution < 1.29 is 4.74 Å². The highest BCUT2D eigenvalue weighted by molar-refractivity contribution is 14.0. The molecule has 1 N–H and O–H groups in total. The Morgan fingerprint density at radius 3 is 2.77 bits per heavy atom. The monoisotopic (exact) mass is 492 g/mol. The molecule has 2 saturated heterocycles. The summed E-state index contributed by atoms with van der Waals surface area (Å²) >= 11 is 1.83. The molecule has 3 rings (SSSR count). The SMILES string of the molecule is CN=C(NCC(C)(C)c1cccs1)N1CCC(CN2CCOCC2)C1.I. The van der Waals surface area contributed by atoms with Crippen LogP contribution in [0.1, 0.15) is 25.1 Å². The number of ether oxygens (including phenoxy) is 1. The smallest absolute Gasteiger partial charge is 0.193 e. The number of rotatable bonds is 5. The van der Waals surface area contributed by atoms with Crippen LogP contribution in [0, 0.1) is 5.92 Å². The summed E-state index contributed by atoms with van der Waals surface area (Å²) in [7, 11) is 1.90. The van der Waals surface area contributed by atoms with E-state index in [-0.39, 0.29) is 29.4 Å². The second-order valence-electron chi connectivity index (χ2n) is 7.78. The number of nitrogens with zero attached hydrogens (tertiary/aromatic N) is 3. The van der Waals surface area contributed by atoms with Gasteiger partial charge in [0, 0.05) is 56.6 Å². The van der Waals surface area contributed by atoms with Crippen LogP contribution in [0.15, 0.2) is 22.5 Å². The van der Waals surface area contributed by atoms with Gasteiger partial charge in [-0.15, -0.1) is 35.3 Å². The topological polar surface area (TPSA) is 40.1 Å². The van der Waals surface area contributed by atoms with Gasteiger partial charge in [0.05, 0.1) is 13.2 Å². The molecule has 2 aliphatic heterocycles. The Morgan fingerprint density at radius 2 is 2.12 bits per heavy atom. The number of aliphatic imine (C=N–C) groups is 1. The largest absolute Gasteiger partial charge is 0.379 e. The molecule has 1 unspecified atom stereocenters. The number of morpholine rings is 1. The van der Waals surface area contributed by atoms with Crippen molar-refractivity contribution in [2.45, 2.75) is 25.7 Å². The first kappa shape index (κ1) is 21.9. The van der Waals surface area contributed by atoms with Gasteiger partial charge in [0.25, 0.3) is 0 Å². The third-order valence-electron chi connectivity index (χ3n) is 5.29. The first-order valence-electron chi connectivity index (χ1n) is 9.38. The van der Waals surface area contributed by atoms with Crippen molar-refractivity contribution >= 4 is 41.3 Å². The number of hydrogen-bond acceptors (Lipinski definition) is 4. The van der Waals surface area contributed by atoms with Gasteiger partial charge >= 0.3 is 0 Å². The molecule has 1 aromatic heterocycles. The molecule has 0 radical (unpaired) electrons. The Hall–Kier alpha value is -0.380. The predicted octanol–water partition coefficient (Wildman–Crippen LogP) is 2.87. The first-order chi connectivity index (χ1) is 12.1. The Bertz CT molecular complexity index is 558. The van der Waals surface area contributed by atoms with Crippen molar-refractivity contribution in [1.82, 2.24) is 15.1 Å². The van der Waals surface area contributed by atoms with Crippen LogP contribution in [0.25, 0.3) is 0 Å². The molecule has 3 heterocycles. The van der Waals surface area contributed by atoms with E-state index in [4.69, 9.17) is 4.74 Å². The molecule has 0 spiro atoms. The van der Waals surface area contributed by atoms with Gasteiger partial charge in [-0.05, 0) is 23.8 Å². The average molecular weight is 492 g/mol. The highest BCUT2D eigenvalue weighted by atomic mass is 127. The van der Waals surface area contributed by atoms with Gasteiger partial charge in [0.1, 0.15) is 0 Å². The van der Waals surface area contributed by atoms with Crippen LogP contribution < -0.4 is 5.32 Å². The molecule has 0 aliphatic carbocycles. The predicted molar refractivity (Wildman–Crippen MR) is 121 cm³/mol. The molecule has 1 aromatic rings. The van der Waals surface area contributed by atoms with Crippen LogP contribution in [0.2, 0.25) is 0 Å². The lowest BCUT2D eigenvalue weighted by Gasteiger charge is -2.30. The summed E-state index contributed by atoms with van der Waals surface area (Å²) in [5, 5.41) is 5.77. The fourth-order valence-electron chi connectivity index (χ4n) is 3.71. The van der Waals surface area contributed by atoms with Crippen molar-refractivity contribution in [1.29, 1.82) is 0 Å². The summed E-state index contributed by atoms with van der Waals surface area (Å²) in [4.78, 5) is 10.9. The molecule has 0 aromatic carbocycles. The quantitative estimate of drug-likeness (QED) is 0.390. The van der Waals surface area contributed by atoms with E-state index in [1.165, 1.54) is 17.8 Å². The van der Waals surface area contributed by atoms with Crippen LogP contribution in [0.4, 0.5) is 0 Å². The Labute approximate surface area is 179 Å². The molecule has 2 fully saturated rings. The number of nitrogens with one attached hydrogen (secondary N) is 1. The maximum absolute atomic E-state index is 5.45. The Kier molecular flexibility index (Phi) is 8.63. The van der Waals surface area contributed by atoms with Gasteiger partial charge in [0.15, 0.2) is 5.96 Å². The van der Waals surface area contributed by atoms with E-state index in [1.807, 2.05) is 18.4 Å². The van der Waals surface area contributed by atoms with Gasteiger partial charge in [0.2, 0.25) is 0 Å². The van der Waals surface area contributed by atoms with E-state index < -0.39 is 0 Å². The normalized spacial score (nSPS) is 22.3. The minimum Gasteiger partial charge on any atom is -0.379 e. The molecule has 2 aliphatic rings. The summed E-state index contributed by atoms with van der Waals surface area (Å²) in [5.41, 5.74) is 0.122. The van der Waals surface area contributed by atoms with Crippen molar-refractivity contribution in [3.8, 4) is 0 Å². The number of hydrogen-bond donors (Lipinski definition) is 1. The molecule has 26 heavy (non-hydrogen) atoms. The lowest BCUT2D eigenvalue weighted by atomic mass is 9.91. The maximum atomic E-state index is 5.45. The third-order valence-corrected chi connectivity index (χ3v) is 6.53. The summed E-state index contributed by atoms with van der Waals surface area (Å²) in [5.74, 6) is 1.79. The zero-order chi connectivity index (χ0) is 17.7. The Balaban J connectivity index is 0.00000243. The number of guanidine groups is 1. The second-order valence-corrected chi connectivity index (χ2v) is 8.72. The van der Waals surface area contributed by atoms with E-state index in [0.717, 1.165) is 57.8 Å². The Morgan fingerprint density at radius 1 is 1.35 bits per heavy atom. The number of thiophene rings is 1. The molecule has 148 valence electrons. The van der Waals surface area contributed by atoms with Gasteiger partial charge in [-0.1, -0.05) is 19.9 Å². The fraction of sp³-hybridized carbons (Fsp3) is 0.737. The lowest BCUT2D eigenvalue weighted by molar-refractivity contribution is 0.0315. The van der Waals surface area contributed by atoms with Crippen LogP contribution in [-0.4, -0.2) is 75.3 Å². The maximum Gasteiger partial charge on any atom is 0.193 e. The molecular weight excluding hydrogens is 459 g/mol. The van der Waals surface area contributed by atoms with Gasteiger partial charge < -0.3 is 15.0 Å². The highest BCUT2D eigenvalue weighted by Gasteiger charge is 2.28. The molecule has 0 saturated carbocycles. The lowest BCUT2D eigenvalue weighted by Crippen LogP contribution is -2.45. The molecule has 1 atom stereocenters. The van der Waals surface area contributed by atoms with Crippen molar-refractivity contribution in [2.24, 2.45) is 10.9 Å². The number of halogens is 1. The van der Waals surface area contributed by atoms with Crippen molar-refractivity contribution in [3.63, 3.8) is 0 Å². The fourth-order valence-corrected chi connectivity index (χ4v) is 4.56. The van der Waals surface area contributed by atoms with Crippen molar-refractivity contribution in [2.75, 3.05) is 59.5 Å². The molecular formula is C19H33IN4OS. The third kappa shape index (κ3) is 5.81. The molecule has 0 amide bonds. The standard InChI is InChI=1S/C19H32N4OS.HI/c1-19(2,17-5-4-12-25-17)15-21-18(20-3)23-7-6-16(14-23)13-22-8-10-24-11-9-22;/h4-5,12,16H,6-11,13-15H2,1-3H3,(H,20,21);1H. The van der Waals surface area contributed by atoms with Crippen LogP contribution in [0.5, 0.6) is 0 Å². The minimum atomic E-state index is 0. The van der Waals surface area contributed by atoms with Gasteiger partial charge in [-0.3, -0.25) is 9.89 Å². The van der Waals surface area contributed by atoms with Gasteiger partial charge in [-0.25, -0.2) is 0 Å². The second kappa shape index (κ2) is 10.2. The van der Waals surface area contributed by atoms with Gasteiger partial charge in [-0.2, -0.15) is 0 Å². The minimum absolute atomic E-state index is 0. The number of likely N-dealkylation sites (tertiary alicyclic amines) is 1. The van der Waals surface area contributed by atoms with E-state index in [1.54, 1.807) is 0 Å². The average Bonchev–Trinajstić information content (AvgIpc) is 3.29. The zero-order valence-electron chi connectivity index (χ0n) is 16.2. The van der Waals surface area contributed by atoms with Crippen molar-refractivity contribution in [3.05, 3.63) is 22.4 Å². The van der Waals surface area contributed by atoms with E-state index in [0.29, 0.717) is 0 Å². The first-order valence-corrected chi connectivity index (χ1v) is 10.3. The summed E-state index contributed by atoms with van der Waals surface area (Å²) in [6.45, 7) is 12.8. The molecule has 5 nitrogen and oxygen atoms in total. The summed E-state index contributed by atoms with van der Waals surface area (Å²) in [6, 6.07) is 4.36.